The molecule has 2 unspecified atom stereocenters. The Balaban J connectivity index is 4.42. The van der Waals surface area contributed by atoms with Crippen molar-refractivity contribution in [2.24, 2.45) is 0 Å². The van der Waals surface area contributed by atoms with Gasteiger partial charge in [0.2, 0.25) is 0 Å². The number of rotatable bonds is 41. The van der Waals surface area contributed by atoms with Crippen molar-refractivity contribution in [3.63, 3.8) is 0 Å². The van der Waals surface area contributed by atoms with Gasteiger partial charge in [0.1, 0.15) is 19.8 Å². The SMILES string of the molecule is CCCCCCCC/C=C/C/C=C/C/C=C/CCCC(=O)OC(COC(=O)CCCCCCCCCCCCCCCCC)COP(=O)(O)OCC[N+](C)(C)C. The predicted molar refractivity (Wildman–Crippen MR) is 234 cm³/mol. The maximum atomic E-state index is 12.7. The number of unbranched alkanes of at least 4 members (excludes halogenated alkanes) is 21. The van der Waals surface area contributed by atoms with Gasteiger partial charge >= 0.3 is 19.8 Å². The van der Waals surface area contributed by atoms with Crippen molar-refractivity contribution in [3.05, 3.63) is 36.5 Å². The molecule has 0 fully saturated rings. The number of phosphoric acid groups is 1. The molecule has 56 heavy (non-hydrogen) atoms. The standard InChI is InChI=1S/C46H86NO8P/c1-6-8-10-12-14-16-18-20-22-23-25-27-29-31-33-35-37-39-46(49)55-44(43-54-56(50,51)53-41-40-47(3,4)5)42-52-45(48)38-36-34-32-30-28-26-24-21-19-17-15-13-11-9-7-2/h20,22,25,27,31,33,44H,6-19,21,23-24,26,28-30,32,34-43H2,1-5H3/p+1/b22-20+,27-25+,33-31+. The normalized spacial score (nSPS) is 13.9. The Morgan fingerprint density at radius 1 is 0.554 bits per heavy atom. The lowest BCUT2D eigenvalue weighted by Crippen LogP contribution is -2.37. The number of nitrogens with zero attached hydrogens (tertiary/aromatic N) is 1. The van der Waals surface area contributed by atoms with E-state index in [1.807, 2.05) is 21.1 Å². The Hall–Kier alpha value is -1.77. The number of hydrogen-bond donors (Lipinski definition) is 1. The Bertz CT molecular complexity index is 1050. The lowest BCUT2D eigenvalue weighted by molar-refractivity contribution is -0.870. The van der Waals surface area contributed by atoms with Crippen molar-refractivity contribution >= 4 is 19.8 Å². The van der Waals surface area contributed by atoms with E-state index >= 15 is 0 Å². The molecule has 0 aliphatic rings. The van der Waals surface area contributed by atoms with Gasteiger partial charge in [-0.25, -0.2) is 4.57 Å². The minimum absolute atomic E-state index is 0.0235. The van der Waals surface area contributed by atoms with Crippen molar-refractivity contribution in [1.29, 1.82) is 0 Å². The molecule has 0 heterocycles. The van der Waals surface area contributed by atoms with Crippen molar-refractivity contribution in [2.75, 3.05) is 47.5 Å². The summed E-state index contributed by atoms with van der Waals surface area (Å²) >= 11 is 0. The zero-order valence-electron chi connectivity index (χ0n) is 36.9. The fraction of sp³-hybridized carbons (Fsp3) is 0.826. The van der Waals surface area contributed by atoms with Crippen LogP contribution < -0.4 is 0 Å². The molecule has 0 aliphatic heterocycles. The van der Waals surface area contributed by atoms with Crippen LogP contribution >= 0.6 is 7.82 Å². The van der Waals surface area contributed by atoms with Gasteiger partial charge in [-0.05, 0) is 44.9 Å². The highest BCUT2D eigenvalue weighted by Crippen LogP contribution is 2.43. The van der Waals surface area contributed by atoms with Crippen LogP contribution in [0.1, 0.15) is 194 Å². The van der Waals surface area contributed by atoms with Crippen molar-refractivity contribution in [3.8, 4) is 0 Å². The average Bonchev–Trinajstić information content (AvgIpc) is 3.15. The first-order valence-corrected chi connectivity index (χ1v) is 24.2. The molecule has 0 saturated carbocycles. The number of allylic oxidation sites excluding steroid dienone is 6. The monoisotopic (exact) mass is 813 g/mol. The summed E-state index contributed by atoms with van der Waals surface area (Å²) in [7, 11) is 1.45. The Kier molecular flexibility index (Phi) is 37.5. The van der Waals surface area contributed by atoms with E-state index in [-0.39, 0.29) is 32.0 Å². The molecule has 0 radical (unpaired) electrons. The van der Waals surface area contributed by atoms with E-state index in [1.54, 1.807) is 0 Å². The minimum atomic E-state index is -4.39. The quantitative estimate of drug-likeness (QED) is 0.0214. The van der Waals surface area contributed by atoms with Crippen molar-refractivity contribution in [2.45, 2.75) is 200 Å². The summed E-state index contributed by atoms with van der Waals surface area (Å²) in [4.78, 5) is 35.3. The smallest absolute Gasteiger partial charge is 0.462 e. The molecular weight excluding hydrogens is 725 g/mol. The molecule has 2 atom stereocenters. The second kappa shape index (κ2) is 38.7. The highest BCUT2D eigenvalue weighted by Gasteiger charge is 2.27. The summed E-state index contributed by atoms with van der Waals surface area (Å²) in [5.74, 6) is -0.854. The van der Waals surface area contributed by atoms with Crippen LogP contribution in [-0.4, -0.2) is 74.9 Å². The van der Waals surface area contributed by atoms with Crippen LogP contribution in [0.4, 0.5) is 0 Å². The predicted octanol–water partition coefficient (Wildman–Crippen LogP) is 12.9. The lowest BCUT2D eigenvalue weighted by Gasteiger charge is -2.24. The number of esters is 2. The van der Waals surface area contributed by atoms with E-state index in [2.05, 4.69) is 50.3 Å². The van der Waals surface area contributed by atoms with Gasteiger partial charge in [0.15, 0.2) is 6.10 Å². The van der Waals surface area contributed by atoms with Gasteiger partial charge in [-0.3, -0.25) is 18.6 Å². The first-order valence-electron chi connectivity index (χ1n) is 22.7. The Morgan fingerprint density at radius 3 is 1.48 bits per heavy atom. The van der Waals surface area contributed by atoms with Gasteiger partial charge in [-0.1, -0.05) is 172 Å². The average molecular weight is 813 g/mol. The van der Waals surface area contributed by atoms with Crippen LogP contribution in [0.15, 0.2) is 36.5 Å². The molecule has 9 nitrogen and oxygen atoms in total. The van der Waals surface area contributed by atoms with Gasteiger partial charge in [0, 0.05) is 12.8 Å². The topological polar surface area (TPSA) is 108 Å². The summed E-state index contributed by atoms with van der Waals surface area (Å²) in [5.41, 5.74) is 0. The molecule has 0 saturated heterocycles. The first kappa shape index (κ1) is 54.2. The molecule has 0 bridgehead atoms. The second-order valence-corrected chi connectivity index (χ2v) is 17.9. The fourth-order valence-electron chi connectivity index (χ4n) is 6.09. The summed E-state index contributed by atoms with van der Waals surface area (Å²) in [6, 6.07) is 0. The van der Waals surface area contributed by atoms with Crippen LogP contribution in [0.5, 0.6) is 0 Å². The zero-order valence-corrected chi connectivity index (χ0v) is 37.8. The Morgan fingerprint density at radius 2 is 0.982 bits per heavy atom. The number of ether oxygens (including phenoxy) is 2. The molecular formula is C46H87NO8P+. The van der Waals surface area contributed by atoms with Crippen LogP contribution in [0.3, 0.4) is 0 Å². The molecule has 0 amide bonds. The third-order valence-electron chi connectivity index (χ3n) is 9.67. The Labute approximate surface area is 344 Å². The highest BCUT2D eigenvalue weighted by molar-refractivity contribution is 7.47. The molecule has 0 aromatic carbocycles. The van der Waals surface area contributed by atoms with Gasteiger partial charge in [0.05, 0.1) is 27.7 Å². The maximum Gasteiger partial charge on any atom is 0.472 e. The molecule has 1 N–H and O–H groups in total. The third kappa shape index (κ3) is 41.9. The van der Waals surface area contributed by atoms with E-state index < -0.39 is 26.5 Å². The fourth-order valence-corrected chi connectivity index (χ4v) is 6.83. The number of carbonyl (C=O) groups is 2. The molecule has 0 spiro atoms. The number of carbonyl (C=O) groups excluding carboxylic acids is 2. The second-order valence-electron chi connectivity index (χ2n) is 16.4. The highest BCUT2D eigenvalue weighted by atomic mass is 31.2. The van der Waals surface area contributed by atoms with E-state index in [0.29, 0.717) is 17.4 Å². The summed E-state index contributed by atoms with van der Waals surface area (Å²) in [5, 5.41) is 0. The van der Waals surface area contributed by atoms with E-state index in [0.717, 1.165) is 44.9 Å². The molecule has 0 aromatic rings. The number of hydrogen-bond acceptors (Lipinski definition) is 7. The number of quaternary nitrogens is 1. The molecule has 0 rings (SSSR count). The minimum Gasteiger partial charge on any atom is -0.462 e. The maximum absolute atomic E-state index is 12.7. The molecule has 328 valence electrons. The van der Waals surface area contributed by atoms with Crippen molar-refractivity contribution in [1.82, 2.24) is 0 Å². The third-order valence-corrected chi connectivity index (χ3v) is 10.7. The summed E-state index contributed by atoms with van der Waals surface area (Å²) in [6.45, 7) is 4.37. The van der Waals surface area contributed by atoms with E-state index in [1.165, 1.54) is 116 Å². The van der Waals surface area contributed by atoms with Crippen LogP contribution in [0, 0.1) is 0 Å². The number of phosphoric ester groups is 1. The van der Waals surface area contributed by atoms with E-state index in [9.17, 15) is 19.0 Å². The molecule has 0 aromatic heterocycles. The largest absolute Gasteiger partial charge is 0.472 e. The summed E-state index contributed by atoms with van der Waals surface area (Å²) in [6.07, 6.45) is 43.4. The molecule has 0 aliphatic carbocycles. The van der Waals surface area contributed by atoms with Crippen molar-refractivity contribution < 1.29 is 42.1 Å². The van der Waals surface area contributed by atoms with E-state index in [4.69, 9.17) is 18.5 Å². The van der Waals surface area contributed by atoms with Gasteiger partial charge in [-0.2, -0.15) is 0 Å². The zero-order chi connectivity index (χ0) is 41.4. The number of likely N-dealkylation sites (N-methyl/N-ethyl adjacent to an activating group) is 1. The van der Waals surface area contributed by atoms with Gasteiger partial charge in [-0.15, -0.1) is 0 Å². The summed E-state index contributed by atoms with van der Waals surface area (Å²) < 4.78 is 34.3. The lowest BCUT2D eigenvalue weighted by atomic mass is 10.0. The first-order chi connectivity index (χ1) is 27.0. The van der Waals surface area contributed by atoms with Crippen LogP contribution in [0.2, 0.25) is 0 Å². The van der Waals surface area contributed by atoms with Gasteiger partial charge < -0.3 is 18.9 Å². The van der Waals surface area contributed by atoms with Crippen LogP contribution in [0.25, 0.3) is 0 Å². The molecule has 10 heteroatoms. The van der Waals surface area contributed by atoms with Gasteiger partial charge in [0.25, 0.3) is 0 Å². The van der Waals surface area contributed by atoms with Crippen LogP contribution in [-0.2, 0) is 32.7 Å².